The van der Waals surface area contributed by atoms with Crippen molar-refractivity contribution in [2.24, 2.45) is 0 Å². The summed E-state index contributed by atoms with van der Waals surface area (Å²) in [5, 5.41) is 0. The minimum atomic E-state index is -3.41. The third-order valence-electron chi connectivity index (χ3n) is 4.34. The van der Waals surface area contributed by atoms with Gasteiger partial charge in [0.05, 0.1) is 0 Å². The van der Waals surface area contributed by atoms with Crippen LogP contribution in [-0.2, 0) is 10.2 Å². The summed E-state index contributed by atoms with van der Waals surface area (Å²) in [4.78, 5) is 0. The van der Waals surface area contributed by atoms with E-state index in [9.17, 15) is 8.42 Å². The highest BCUT2D eigenvalue weighted by Gasteiger charge is 2.09. The molecule has 4 nitrogen and oxygen atoms in total. The largest absolute Gasteiger partial charge is 0.293 e. The van der Waals surface area contributed by atoms with Crippen molar-refractivity contribution in [1.29, 1.82) is 0 Å². The fourth-order valence-corrected chi connectivity index (χ4v) is 3.62. The predicted octanol–water partition coefficient (Wildman–Crippen LogP) is 5.32. The van der Waals surface area contributed by atoms with Crippen LogP contribution < -0.4 is 9.44 Å². The van der Waals surface area contributed by atoms with Crippen LogP contribution in [0.1, 0.15) is 110 Å². The summed E-state index contributed by atoms with van der Waals surface area (Å²) in [6.45, 7) is 5.40. The third-order valence-corrected chi connectivity index (χ3v) is 5.43. The maximum atomic E-state index is 11.7. The Balaban J connectivity index is 3.36. The van der Waals surface area contributed by atoms with Crippen molar-refractivity contribution in [3.63, 3.8) is 0 Å². The molecule has 0 spiro atoms. The van der Waals surface area contributed by atoms with Gasteiger partial charge < -0.3 is 0 Å². The van der Waals surface area contributed by atoms with Crippen LogP contribution in [0.5, 0.6) is 0 Å². The van der Waals surface area contributed by atoms with Crippen LogP contribution in [0.25, 0.3) is 0 Å². The average molecular weight is 362 g/mol. The van der Waals surface area contributed by atoms with Gasteiger partial charge in [0, 0.05) is 13.1 Å². The lowest BCUT2D eigenvalue weighted by Gasteiger charge is -2.06. The molecule has 1 radical (unpaired) electrons. The molecule has 0 aromatic heterocycles. The Hall–Kier alpha value is -0.130. The number of unbranched alkanes of at least 4 members (excludes halogenated alkanes) is 13. The summed E-state index contributed by atoms with van der Waals surface area (Å²) in [6, 6.07) is 0. The highest BCUT2D eigenvalue weighted by Crippen LogP contribution is 2.08. The van der Waals surface area contributed by atoms with E-state index in [4.69, 9.17) is 0 Å². The third kappa shape index (κ3) is 18.2. The summed E-state index contributed by atoms with van der Waals surface area (Å²) in [7, 11) is -3.41. The number of rotatable bonds is 19. The Labute approximate surface area is 151 Å². The highest BCUT2D eigenvalue weighted by atomic mass is 32.2. The van der Waals surface area contributed by atoms with Gasteiger partial charge in [0.1, 0.15) is 0 Å². The van der Waals surface area contributed by atoms with E-state index in [1.165, 1.54) is 70.6 Å². The molecule has 0 aromatic rings. The maximum Gasteiger partial charge on any atom is 0.293 e. The van der Waals surface area contributed by atoms with E-state index in [1.54, 1.807) is 0 Å². The zero-order chi connectivity index (χ0) is 17.9. The first-order chi connectivity index (χ1) is 11.6. The molecule has 0 atom stereocenters. The molecule has 0 aliphatic rings. The number of nitrogens with zero attached hydrogens (tertiary/aromatic N) is 1. The van der Waals surface area contributed by atoms with Crippen molar-refractivity contribution in [2.75, 3.05) is 13.1 Å². The predicted molar refractivity (Wildman–Crippen MR) is 105 cm³/mol. The fourth-order valence-electron chi connectivity index (χ4n) is 2.76. The number of nitrogens with one attached hydrogen (secondary N) is 1. The molecule has 1 N–H and O–H groups in total. The minimum Gasteiger partial charge on any atom is -0.201 e. The summed E-state index contributed by atoms with van der Waals surface area (Å²) >= 11 is 0. The van der Waals surface area contributed by atoms with Crippen LogP contribution in [0.2, 0.25) is 0 Å². The molecule has 0 aliphatic heterocycles. The summed E-state index contributed by atoms with van der Waals surface area (Å²) in [6.07, 6.45) is 18.1. The highest BCUT2D eigenvalue weighted by molar-refractivity contribution is 7.87. The molecule has 0 saturated carbocycles. The van der Waals surface area contributed by atoms with Gasteiger partial charge in [0.25, 0.3) is 10.2 Å². The first-order valence-corrected chi connectivity index (χ1v) is 11.7. The second-order valence-electron chi connectivity index (χ2n) is 6.82. The van der Waals surface area contributed by atoms with Gasteiger partial charge >= 0.3 is 0 Å². The van der Waals surface area contributed by atoms with Gasteiger partial charge in [-0.05, 0) is 12.8 Å². The first-order valence-electron chi connectivity index (χ1n) is 10.3. The molecular weight excluding hydrogens is 320 g/mol. The lowest BCUT2D eigenvalue weighted by atomic mass is 10.1. The Morgan fingerprint density at radius 2 is 1.04 bits per heavy atom. The zero-order valence-electron chi connectivity index (χ0n) is 16.2. The Morgan fingerprint density at radius 1 is 0.625 bits per heavy atom. The van der Waals surface area contributed by atoms with Gasteiger partial charge in [-0.15, -0.1) is 4.72 Å². The second kappa shape index (κ2) is 17.7. The molecular formula is C19H41N2O2S. The van der Waals surface area contributed by atoms with Gasteiger partial charge in [-0.1, -0.05) is 97.3 Å². The second-order valence-corrected chi connectivity index (χ2v) is 8.32. The monoisotopic (exact) mass is 361 g/mol. The van der Waals surface area contributed by atoms with Crippen LogP contribution >= 0.6 is 0 Å². The quantitative estimate of drug-likeness (QED) is 0.317. The molecule has 0 bridgehead atoms. The Morgan fingerprint density at radius 3 is 1.54 bits per heavy atom. The molecule has 0 fully saturated rings. The van der Waals surface area contributed by atoms with E-state index in [-0.39, 0.29) is 0 Å². The van der Waals surface area contributed by atoms with Gasteiger partial charge in [0.15, 0.2) is 0 Å². The van der Waals surface area contributed by atoms with Gasteiger partial charge in [-0.25, -0.2) is 4.72 Å². The van der Waals surface area contributed by atoms with Crippen LogP contribution in [-0.4, -0.2) is 21.5 Å². The molecule has 24 heavy (non-hydrogen) atoms. The van der Waals surface area contributed by atoms with E-state index < -0.39 is 10.2 Å². The molecule has 0 rings (SSSR count). The van der Waals surface area contributed by atoms with Crippen molar-refractivity contribution in [1.82, 2.24) is 9.44 Å². The zero-order valence-corrected chi connectivity index (χ0v) is 17.0. The normalized spacial score (nSPS) is 11.9. The van der Waals surface area contributed by atoms with Crippen molar-refractivity contribution < 1.29 is 8.42 Å². The smallest absolute Gasteiger partial charge is 0.201 e. The molecule has 0 amide bonds. The van der Waals surface area contributed by atoms with Crippen LogP contribution in [0.15, 0.2) is 0 Å². The van der Waals surface area contributed by atoms with E-state index in [0.29, 0.717) is 13.1 Å². The molecule has 5 heteroatoms. The molecule has 0 aromatic carbocycles. The lowest BCUT2D eigenvalue weighted by molar-refractivity contribution is 0.542. The van der Waals surface area contributed by atoms with E-state index in [2.05, 4.69) is 23.3 Å². The SMILES string of the molecule is CCCCCCCCCCNS(=O)(=O)[N]CCCCCCCCC. The van der Waals surface area contributed by atoms with E-state index >= 15 is 0 Å². The number of hydrogen-bond donors (Lipinski definition) is 1. The Bertz CT molecular complexity index is 345. The van der Waals surface area contributed by atoms with Gasteiger partial charge in [-0.2, -0.15) is 8.42 Å². The maximum absolute atomic E-state index is 11.7. The summed E-state index contributed by atoms with van der Waals surface area (Å²) in [5.74, 6) is 0. The summed E-state index contributed by atoms with van der Waals surface area (Å²) in [5.41, 5.74) is 0. The first kappa shape index (κ1) is 23.9. The molecule has 0 saturated heterocycles. The lowest BCUT2D eigenvalue weighted by Crippen LogP contribution is -2.32. The Kier molecular flexibility index (Phi) is 17.6. The minimum absolute atomic E-state index is 0.431. The standard InChI is InChI=1S/C19H41N2O2S/c1-3-5-7-9-11-13-15-17-19-21-24(22,23)20-18-16-14-12-10-8-6-4-2/h21H,3-19H2,1-2H3. The van der Waals surface area contributed by atoms with Crippen molar-refractivity contribution in [3.8, 4) is 0 Å². The molecule has 0 aliphatic carbocycles. The van der Waals surface area contributed by atoms with Crippen LogP contribution in [0, 0.1) is 0 Å². The fraction of sp³-hybridized carbons (Fsp3) is 1.00. The van der Waals surface area contributed by atoms with Crippen LogP contribution in [0.4, 0.5) is 0 Å². The van der Waals surface area contributed by atoms with Gasteiger partial charge in [-0.3, -0.25) is 0 Å². The summed E-state index contributed by atoms with van der Waals surface area (Å²) < 4.78 is 29.9. The van der Waals surface area contributed by atoms with Crippen molar-refractivity contribution in [3.05, 3.63) is 0 Å². The van der Waals surface area contributed by atoms with Crippen molar-refractivity contribution in [2.45, 2.75) is 110 Å². The molecule has 0 heterocycles. The van der Waals surface area contributed by atoms with Gasteiger partial charge in [0.2, 0.25) is 0 Å². The van der Waals surface area contributed by atoms with Crippen LogP contribution in [0.3, 0.4) is 0 Å². The molecule has 0 unspecified atom stereocenters. The van der Waals surface area contributed by atoms with E-state index in [0.717, 1.165) is 25.7 Å². The number of hydrogen-bond acceptors (Lipinski definition) is 2. The average Bonchev–Trinajstić information content (AvgIpc) is 2.55. The molecule has 145 valence electrons. The topological polar surface area (TPSA) is 60.3 Å². The van der Waals surface area contributed by atoms with Crippen molar-refractivity contribution >= 4 is 10.2 Å². The van der Waals surface area contributed by atoms with E-state index in [1.807, 2.05) is 0 Å².